The molecule has 0 atom stereocenters. The predicted molar refractivity (Wildman–Crippen MR) is 69.7 cm³/mol. The number of nitrogen functional groups attached to an aromatic ring is 1. The van der Waals surface area contributed by atoms with Gasteiger partial charge in [-0.15, -0.1) is 0 Å². The third kappa shape index (κ3) is 2.54. The highest BCUT2D eigenvalue weighted by molar-refractivity contribution is 14.1. The molecule has 1 aromatic carbocycles. The van der Waals surface area contributed by atoms with E-state index in [0.717, 1.165) is 6.07 Å². The van der Waals surface area contributed by atoms with Gasteiger partial charge in [0.05, 0.1) is 14.1 Å². The number of aromatic nitrogens is 1. The van der Waals surface area contributed by atoms with E-state index in [1.54, 1.807) is 6.07 Å². The summed E-state index contributed by atoms with van der Waals surface area (Å²) in [5.74, 6) is 0. The van der Waals surface area contributed by atoms with Gasteiger partial charge >= 0.3 is 6.18 Å². The summed E-state index contributed by atoms with van der Waals surface area (Å²) in [6.07, 6.45) is -4.39. The van der Waals surface area contributed by atoms with Crippen molar-refractivity contribution in [3.63, 3.8) is 0 Å². The smallest absolute Gasteiger partial charge is 0.375 e. The van der Waals surface area contributed by atoms with Gasteiger partial charge in [-0.2, -0.15) is 13.2 Å². The topological polar surface area (TPSA) is 38.9 Å². The first kappa shape index (κ1) is 12.6. The molecule has 90 valence electrons. The number of alkyl halides is 3. The molecule has 0 spiro atoms. The first-order chi connectivity index (χ1) is 7.89. The van der Waals surface area contributed by atoms with E-state index >= 15 is 0 Å². The Morgan fingerprint density at radius 3 is 2.41 bits per heavy atom. The summed E-state index contributed by atoms with van der Waals surface area (Å²) in [5.41, 5.74) is 5.17. The van der Waals surface area contributed by atoms with Crippen molar-refractivity contribution in [1.29, 1.82) is 0 Å². The fraction of sp³-hybridized carbons (Fsp3) is 0.100. The summed E-state index contributed by atoms with van der Waals surface area (Å²) in [4.78, 5) is 3.94. The minimum Gasteiger partial charge on any atom is -0.375 e. The van der Waals surface area contributed by atoms with Gasteiger partial charge in [0.25, 0.3) is 0 Å². The Bertz CT molecular complexity index is 551. The Labute approximate surface area is 113 Å². The maximum absolute atomic E-state index is 12.8. The number of anilines is 1. The van der Waals surface area contributed by atoms with Gasteiger partial charge in [-0.25, -0.2) is 4.98 Å². The van der Waals surface area contributed by atoms with Gasteiger partial charge in [0.1, 0.15) is 0 Å². The molecule has 0 saturated carbocycles. The SMILES string of the molecule is Nc1nc(-c2ccccc2C(F)(F)F)c(I)s1. The van der Waals surface area contributed by atoms with E-state index in [1.807, 2.05) is 22.6 Å². The van der Waals surface area contributed by atoms with Gasteiger partial charge in [-0.05, 0) is 28.7 Å². The second-order valence-electron chi connectivity index (χ2n) is 3.22. The minimum absolute atomic E-state index is 0.0670. The van der Waals surface area contributed by atoms with Crippen molar-refractivity contribution in [3.8, 4) is 11.3 Å². The zero-order valence-electron chi connectivity index (χ0n) is 8.25. The number of benzene rings is 1. The molecule has 0 fully saturated rings. The fourth-order valence-electron chi connectivity index (χ4n) is 1.42. The highest BCUT2D eigenvalue weighted by Gasteiger charge is 2.34. The molecule has 7 heteroatoms. The lowest BCUT2D eigenvalue weighted by atomic mass is 10.1. The number of hydrogen-bond acceptors (Lipinski definition) is 3. The van der Waals surface area contributed by atoms with E-state index in [-0.39, 0.29) is 10.7 Å². The monoisotopic (exact) mass is 370 g/mol. The van der Waals surface area contributed by atoms with Crippen molar-refractivity contribution >= 4 is 39.1 Å². The predicted octanol–water partition coefficient (Wildman–Crippen LogP) is 4.02. The lowest BCUT2D eigenvalue weighted by Gasteiger charge is -2.11. The molecule has 0 aliphatic carbocycles. The first-order valence-corrected chi connectivity index (χ1v) is 6.37. The van der Waals surface area contributed by atoms with E-state index in [0.29, 0.717) is 8.58 Å². The largest absolute Gasteiger partial charge is 0.417 e. The number of halogens is 4. The van der Waals surface area contributed by atoms with E-state index in [2.05, 4.69) is 4.98 Å². The van der Waals surface area contributed by atoms with Crippen molar-refractivity contribution in [2.45, 2.75) is 6.18 Å². The molecule has 1 heterocycles. The standard InChI is InChI=1S/C10H6F3IN2S/c11-10(12,13)6-4-2-1-3-5(6)7-8(14)17-9(15)16-7/h1-4H,(H2,15,16). The second kappa shape index (κ2) is 4.45. The molecule has 2 N–H and O–H groups in total. The van der Waals surface area contributed by atoms with Crippen LogP contribution in [-0.2, 0) is 6.18 Å². The van der Waals surface area contributed by atoms with E-state index in [9.17, 15) is 13.2 Å². The van der Waals surface area contributed by atoms with Crippen LogP contribution in [0.4, 0.5) is 18.3 Å². The molecular weight excluding hydrogens is 364 g/mol. The average Bonchev–Trinajstić information content (AvgIpc) is 2.56. The van der Waals surface area contributed by atoms with Crippen molar-refractivity contribution in [3.05, 3.63) is 32.7 Å². The fourth-order valence-corrected chi connectivity index (χ4v) is 3.08. The van der Waals surface area contributed by atoms with Gasteiger partial charge in [0, 0.05) is 5.56 Å². The summed E-state index contributed by atoms with van der Waals surface area (Å²) in [5, 5.41) is 0.265. The molecule has 1 aromatic heterocycles. The number of hydrogen-bond donors (Lipinski definition) is 1. The van der Waals surface area contributed by atoms with Crippen LogP contribution in [0.5, 0.6) is 0 Å². The zero-order valence-corrected chi connectivity index (χ0v) is 11.2. The lowest BCUT2D eigenvalue weighted by molar-refractivity contribution is -0.137. The van der Waals surface area contributed by atoms with Gasteiger partial charge in [0.2, 0.25) is 0 Å². The first-order valence-electron chi connectivity index (χ1n) is 4.48. The molecular formula is C10H6F3IN2S. The van der Waals surface area contributed by atoms with Gasteiger partial charge in [-0.3, -0.25) is 0 Å². The number of thiazole rings is 1. The highest BCUT2D eigenvalue weighted by Crippen LogP contribution is 2.39. The third-order valence-corrected chi connectivity index (χ3v) is 3.93. The molecule has 0 bridgehead atoms. The van der Waals surface area contributed by atoms with E-state index in [4.69, 9.17) is 5.73 Å². The molecule has 17 heavy (non-hydrogen) atoms. The Morgan fingerprint density at radius 2 is 1.88 bits per heavy atom. The summed E-state index contributed by atoms with van der Waals surface area (Å²) in [6.45, 7) is 0. The second-order valence-corrected chi connectivity index (χ2v) is 6.06. The Hall–Kier alpha value is -0.830. The summed E-state index contributed by atoms with van der Waals surface area (Å²) in [7, 11) is 0. The molecule has 0 aliphatic heterocycles. The maximum Gasteiger partial charge on any atom is 0.417 e. The average molecular weight is 370 g/mol. The summed E-state index contributed by atoms with van der Waals surface area (Å²) in [6, 6.07) is 5.35. The molecule has 0 aliphatic rings. The number of rotatable bonds is 1. The van der Waals surface area contributed by atoms with Crippen molar-refractivity contribution in [2.24, 2.45) is 0 Å². The molecule has 2 nitrogen and oxygen atoms in total. The van der Waals surface area contributed by atoms with Gasteiger partial charge < -0.3 is 5.73 Å². The normalized spacial score (nSPS) is 11.8. The summed E-state index contributed by atoms with van der Waals surface area (Å²) >= 11 is 3.11. The van der Waals surface area contributed by atoms with Crippen LogP contribution in [0.2, 0.25) is 0 Å². The molecule has 2 rings (SSSR count). The van der Waals surface area contributed by atoms with Gasteiger partial charge in [-0.1, -0.05) is 29.5 Å². The maximum atomic E-state index is 12.8. The number of nitrogens with zero attached hydrogens (tertiary/aromatic N) is 1. The van der Waals surface area contributed by atoms with Crippen molar-refractivity contribution < 1.29 is 13.2 Å². The van der Waals surface area contributed by atoms with Crippen LogP contribution in [0.15, 0.2) is 24.3 Å². The van der Waals surface area contributed by atoms with Crippen LogP contribution in [0.25, 0.3) is 11.3 Å². The third-order valence-electron chi connectivity index (χ3n) is 2.09. The number of nitrogens with two attached hydrogens (primary N) is 1. The van der Waals surface area contributed by atoms with Crippen LogP contribution >= 0.6 is 33.9 Å². The van der Waals surface area contributed by atoms with Crippen LogP contribution in [0.3, 0.4) is 0 Å². The van der Waals surface area contributed by atoms with Crippen LogP contribution < -0.4 is 5.73 Å². The minimum atomic E-state index is -4.39. The van der Waals surface area contributed by atoms with Crippen molar-refractivity contribution in [2.75, 3.05) is 5.73 Å². The zero-order chi connectivity index (χ0) is 12.6. The molecule has 0 unspecified atom stereocenters. The highest BCUT2D eigenvalue weighted by atomic mass is 127. The van der Waals surface area contributed by atoms with Crippen molar-refractivity contribution in [1.82, 2.24) is 4.98 Å². The summed E-state index contributed by atoms with van der Waals surface area (Å²) < 4.78 is 39.1. The Balaban J connectivity index is 2.64. The molecule has 2 aromatic rings. The Morgan fingerprint density at radius 1 is 1.24 bits per heavy atom. The Kier molecular flexibility index (Phi) is 3.30. The lowest BCUT2D eigenvalue weighted by Crippen LogP contribution is -2.07. The molecule has 0 radical (unpaired) electrons. The van der Waals surface area contributed by atoms with Gasteiger partial charge in [0.15, 0.2) is 5.13 Å². The van der Waals surface area contributed by atoms with Crippen LogP contribution in [0, 0.1) is 2.88 Å². The van der Waals surface area contributed by atoms with Crippen LogP contribution in [0.1, 0.15) is 5.56 Å². The quantitative estimate of drug-likeness (QED) is 0.771. The van der Waals surface area contributed by atoms with Crippen LogP contribution in [-0.4, -0.2) is 4.98 Å². The molecule has 0 saturated heterocycles. The van der Waals surface area contributed by atoms with E-state index in [1.165, 1.54) is 23.5 Å². The molecule has 0 amide bonds. The van der Waals surface area contributed by atoms with E-state index < -0.39 is 11.7 Å².